The highest BCUT2D eigenvalue weighted by atomic mass is 16.5. The lowest BCUT2D eigenvalue weighted by Crippen LogP contribution is -2.46. The number of nitrogens with zero attached hydrogens (tertiary/aromatic N) is 1. The van der Waals surface area contributed by atoms with Crippen molar-refractivity contribution < 1.29 is 29.0 Å². The zero-order valence-electron chi connectivity index (χ0n) is 15.6. The highest BCUT2D eigenvalue weighted by molar-refractivity contribution is 5.94. The van der Waals surface area contributed by atoms with Crippen LogP contribution in [0.3, 0.4) is 0 Å². The summed E-state index contributed by atoms with van der Waals surface area (Å²) in [6.45, 7) is 4.66. The first-order valence-corrected chi connectivity index (χ1v) is 9.10. The van der Waals surface area contributed by atoms with Crippen LogP contribution in [0.15, 0.2) is 24.3 Å². The molecule has 27 heavy (non-hydrogen) atoms. The molecule has 1 aliphatic heterocycles. The Hall–Kier alpha value is -2.77. The van der Waals surface area contributed by atoms with E-state index in [-0.39, 0.29) is 30.4 Å². The average Bonchev–Trinajstić information content (AvgIpc) is 2.62. The number of hydrogen-bond acceptors (Lipinski definition) is 5. The van der Waals surface area contributed by atoms with Crippen molar-refractivity contribution in [3.63, 3.8) is 0 Å². The first kappa shape index (κ1) is 20.5. The van der Waals surface area contributed by atoms with Gasteiger partial charge in [-0.05, 0) is 44.9 Å². The van der Waals surface area contributed by atoms with Crippen molar-refractivity contribution in [2.45, 2.75) is 45.3 Å². The number of nitrogens with one attached hydrogen (secondary N) is 1. The molecule has 2 amide bonds. The van der Waals surface area contributed by atoms with Gasteiger partial charge < -0.3 is 24.8 Å². The third kappa shape index (κ3) is 6.47. The van der Waals surface area contributed by atoms with Crippen molar-refractivity contribution in [2.75, 3.05) is 19.7 Å². The van der Waals surface area contributed by atoms with Gasteiger partial charge >= 0.3 is 12.1 Å². The van der Waals surface area contributed by atoms with Crippen LogP contribution in [0, 0.1) is 0 Å². The van der Waals surface area contributed by atoms with E-state index in [0.29, 0.717) is 43.9 Å². The Bertz CT molecular complexity index is 670. The number of piperidine rings is 1. The number of carbonyl (C=O) groups excluding carboxylic acids is 2. The van der Waals surface area contributed by atoms with Crippen LogP contribution in [0.4, 0.5) is 4.79 Å². The maximum absolute atomic E-state index is 12.5. The minimum absolute atomic E-state index is 0.0552. The van der Waals surface area contributed by atoms with Gasteiger partial charge in [-0.15, -0.1) is 0 Å². The molecule has 2 rings (SSSR count). The third-order valence-corrected chi connectivity index (χ3v) is 4.29. The summed E-state index contributed by atoms with van der Waals surface area (Å²) < 4.78 is 10.6. The summed E-state index contributed by atoms with van der Waals surface area (Å²) in [5, 5.41) is 11.9. The monoisotopic (exact) mass is 378 g/mol. The van der Waals surface area contributed by atoms with Crippen LogP contribution in [-0.4, -0.2) is 59.8 Å². The second kappa shape index (κ2) is 9.80. The molecule has 1 unspecified atom stereocenters. The number of ether oxygens (including phenoxy) is 2. The predicted octanol–water partition coefficient (Wildman–Crippen LogP) is 2.28. The number of hydrogen-bond donors (Lipinski definition) is 2. The van der Waals surface area contributed by atoms with Gasteiger partial charge in [-0.3, -0.25) is 9.59 Å². The van der Waals surface area contributed by atoms with Crippen LogP contribution in [0.2, 0.25) is 0 Å². The third-order valence-electron chi connectivity index (χ3n) is 4.29. The first-order valence-electron chi connectivity index (χ1n) is 9.10. The fourth-order valence-corrected chi connectivity index (χ4v) is 2.92. The summed E-state index contributed by atoms with van der Waals surface area (Å²) in [5.74, 6) is -0.0565. The summed E-state index contributed by atoms with van der Waals surface area (Å²) >= 11 is 0. The van der Waals surface area contributed by atoms with E-state index in [4.69, 9.17) is 14.6 Å². The quantitative estimate of drug-likeness (QED) is 0.705. The lowest BCUT2D eigenvalue weighted by atomic mass is 10.0. The van der Waals surface area contributed by atoms with E-state index in [1.54, 1.807) is 38.1 Å². The molecule has 1 heterocycles. The van der Waals surface area contributed by atoms with Gasteiger partial charge in [0.2, 0.25) is 0 Å². The maximum atomic E-state index is 12.5. The Balaban J connectivity index is 1.88. The number of carbonyl (C=O) groups is 3. The molecular weight excluding hydrogens is 352 g/mol. The van der Waals surface area contributed by atoms with Crippen molar-refractivity contribution in [1.29, 1.82) is 0 Å². The largest absolute Gasteiger partial charge is 0.490 e. The Morgan fingerprint density at radius 1 is 1.30 bits per heavy atom. The molecule has 8 nitrogen and oxygen atoms in total. The van der Waals surface area contributed by atoms with E-state index in [0.717, 1.165) is 0 Å². The molecular formula is C19H26N2O6. The van der Waals surface area contributed by atoms with Gasteiger partial charge in [-0.1, -0.05) is 6.07 Å². The molecule has 1 aliphatic rings. The zero-order valence-corrected chi connectivity index (χ0v) is 15.6. The molecule has 0 bridgehead atoms. The molecule has 1 aromatic rings. The Morgan fingerprint density at radius 2 is 2.00 bits per heavy atom. The van der Waals surface area contributed by atoms with Gasteiger partial charge in [0.15, 0.2) is 0 Å². The van der Waals surface area contributed by atoms with E-state index in [9.17, 15) is 14.4 Å². The van der Waals surface area contributed by atoms with Gasteiger partial charge in [-0.2, -0.15) is 0 Å². The summed E-state index contributed by atoms with van der Waals surface area (Å²) in [7, 11) is 0. The summed E-state index contributed by atoms with van der Waals surface area (Å²) in [4.78, 5) is 36.2. The van der Waals surface area contributed by atoms with Gasteiger partial charge in [-0.25, -0.2) is 4.79 Å². The molecule has 0 aromatic heterocycles. The van der Waals surface area contributed by atoms with Crippen LogP contribution < -0.4 is 10.1 Å². The second-order valence-corrected chi connectivity index (χ2v) is 6.48. The highest BCUT2D eigenvalue weighted by Crippen LogP contribution is 2.17. The number of amides is 2. The standard InChI is InChI=1S/C19H26N2O6/c1-3-26-17(22)11-13(2)27-16-6-4-5-14(12-16)18(23)20-15-7-9-21(10-8-15)19(24)25/h4-6,12-13,15H,3,7-11H2,1-2H3,(H,20,23)(H,24,25). The maximum Gasteiger partial charge on any atom is 0.407 e. The molecule has 2 N–H and O–H groups in total. The van der Waals surface area contributed by atoms with Crippen LogP contribution in [-0.2, 0) is 9.53 Å². The summed E-state index contributed by atoms with van der Waals surface area (Å²) in [5.41, 5.74) is 0.455. The Morgan fingerprint density at radius 3 is 2.63 bits per heavy atom. The van der Waals surface area contributed by atoms with E-state index in [1.807, 2.05) is 0 Å². The normalized spacial score (nSPS) is 15.7. The minimum atomic E-state index is -0.929. The highest BCUT2D eigenvalue weighted by Gasteiger charge is 2.23. The molecule has 1 fully saturated rings. The Labute approximate surface area is 158 Å². The van der Waals surface area contributed by atoms with E-state index in [2.05, 4.69) is 5.32 Å². The molecule has 1 saturated heterocycles. The predicted molar refractivity (Wildman–Crippen MR) is 97.9 cm³/mol. The molecule has 0 aliphatic carbocycles. The van der Waals surface area contributed by atoms with Crippen molar-refractivity contribution in [3.05, 3.63) is 29.8 Å². The van der Waals surface area contributed by atoms with Crippen molar-refractivity contribution >= 4 is 18.0 Å². The van der Waals surface area contributed by atoms with Crippen molar-refractivity contribution in [2.24, 2.45) is 0 Å². The number of esters is 1. The van der Waals surface area contributed by atoms with E-state index >= 15 is 0 Å². The average molecular weight is 378 g/mol. The molecule has 0 radical (unpaired) electrons. The molecule has 1 aromatic carbocycles. The Kier molecular flexibility index (Phi) is 7.45. The molecule has 1 atom stereocenters. The summed E-state index contributed by atoms with van der Waals surface area (Å²) in [6, 6.07) is 6.70. The fraction of sp³-hybridized carbons (Fsp3) is 0.526. The van der Waals surface area contributed by atoms with E-state index in [1.165, 1.54) is 4.90 Å². The molecule has 148 valence electrons. The van der Waals surface area contributed by atoms with Crippen LogP contribution in [0.25, 0.3) is 0 Å². The molecule has 8 heteroatoms. The van der Waals surface area contributed by atoms with E-state index < -0.39 is 6.09 Å². The number of carboxylic acid groups (broad SMARTS) is 1. The number of benzene rings is 1. The van der Waals surface area contributed by atoms with Gasteiger partial charge in [0.25, 0.3) is 5.91 Å². The molecule has 0 saturated carbocycles. The zero-order chi connectivity index (χ0) is 19.8. The van der Waals surface area contributed by atoms with Gasteiger partial charge in [0.05, 0.1) is 13.0 Å². The van der Waals surface area contributed by atoms with Crippen LogP contribution in [0.1, 0.15) is 43.5 Å². The van der Waals surface area contributed by atoms with Gasteiger partial charge in [0.1, 0.15) is 11.9 Å². The SMILES string of the molecule is CCOC(=O)CC(C)Oc1cccc(C(=O)NC2CCN(C(=O)O)CC2)c1. The summed E-state index contributed by atoms with van der Waals surface area (Å²) in [6.07, 6.45) is 0.00596. The van der Waals surface area contributed by atoms with Crippen LogP contribution >= 0.6 is 0 Å². The first-order chi connectivity index (χ1) is 12.9. The number of likely N-dealkylation sites (tertiary alicyclic amines) is 1. The van der Waals surface area contributed by atoms with Crippen LogP contribution in [0.5, 0.6) is 5.75 Å². The minimum Gasteiger partial charge on any atom is -0.490 e. The molecule has 0 spiro atoms. The van der Waals surface area contributed by atoms with Gasteiger partial charge in [0, 0.05) is 24.7 Å². The number of rotatable bonds is 7. The fourth-order valence-electron chi connectivity index (χ4n) is 2.92. The topological polar surface area (TPSA) is 105 Å². The smallest absolute Gasteiger partial charge is 0.407 e. The lowest BCUT2D eigenvalue weighted by molar-refractivity contribution is -0.144. The van der Waals surface area contributed by atoms with Crippen molar-refractivity contribution in [1.82, 2.24) is 10.2 Å². The lowest BCUT2D eigenvalue weighted by Gasteiger charge is -2.30. The van der Waals surface area contributed by atoms with Crippen molar-refractivity contribution in [3.8, 4) is 5.75 Å². The second-order valence-electron chi connectivity index (χ2n) is 6.48.